The molecule has 4 heteroatoms. The first kappa shape index (κ1) is 14.9. The van der Waals surface area contributed by atoms with Crippen molar-refractivity contribution in [3.05, 3.63) is 30.1 Å². The van der Waals surface area contributed by atoms with Gasteiger partial charge in [-0.25, -0.2) is 4.39 Å². The summed E-state index contributed by atoms with van der Waals surface area (Å²) in [5.41, 5.74) is -0.00934. The minimum atomic E-state index is -0.352. The maximum atomic E-state index is 13.5. The van der Waals surface area contributed by atoms with Gasteiger partial charge in [-0.15, -0.1) is 0 Å². The predicted molar refractivity (Wildman–Crippen MR) is 70.4 cm³/mol. The third-order valence-electron chi connectivity index (χ3n) is 2.34. The summed E-state index contributed by atoms with van der Waals surface area (Å²) in [4.78, 5) is 0. The minimum Gasteiger partial charge on any atom is -0.484 e. The molecule has 1 aromatic rings. The summed E-state index contributed by atoms with van der Waals surface area (Å²) in [6.07, 6.45) is -0.217. The molecule has 0 aliphatic carbocycles. The fourth-order valence-electron chi connectivity index (χ4n) is 1.46. The molecule has 1 rings (SSSR count). The monoisotopic (exact) mass is 255 g/mol. The molecule has 0 aliphatic heterocycles. The van der Waals surface area contributed by atoms with Gasteiger partial charge >= 0.3 is 0 Å². The van der Waals surface area contributed by atoms with Gasteiger partial charge in [-0.05, 0) is 32.9 Å². The Labute approximate surface area is 108 Å². The molecule has 0 spiro atoms. The number of halogens is 1. The number of nitrogens with one attached hydrogen (secondary N) is 1. The summed E-state index contributed by atoms with van der Waals surface area (Å²) in [6, 6.07) is 6.39. The van der Waals surface area contributed by atoms with Crippen LogP contribution in [0.1, 0.15) is 20.8 Å². The largest absolute Gasteiger partial charge is 0.484 e. The lowest BCUT2D eigenvalue weighted by Crippen LogP contribution is -2.44. The van der Waals surface area contributed by atoms with Crippen molar-refractivity contribution in [2.75, 3.05) is 20.3 Å². The summed E-state index contributed by atoms with van der Waals surface area (Å²) in [5, 5.41) is 3.32. The van der Waals surface area contributed by atoms with E-state index in [2.05, 4.69) is 26.1 Å². The van der Waals surface area contributed by atoms with E-state index in [1.807, 2.05) is 0 Å². The summed E-state index contributed by atoms with van der Waals surface area (Å²) in [6.45, 7) is 7.23. The average Bonchev–Trinajstić information content (AvgIpc) is 2.28. The van der Waals surface area contributed by atoms with Crippen molar-refractivity contribution >= 4 is 0 Å². The molecule has 0 aliphatic rings. The third-order valence-corrected chi connectivity index (χ3v) is 2.34. The fourth-order valence-corrected chi connectivity index (χ4v) is 1.46. The lowest BCUT2D eigenvalue weighted by molar-refractivity contribution is 0.0738. The number of methoxy groups -OCH3 is 1. The lowest BCUT2D eigenvalue weighted by atomic mass is 10.1. The molecule has 0 aromatic heterocycles. The molecule has 0 bridgehead atoms. The third kappa shape index (κ3) is 5.47. The second kappa shape index (κ2) is 6.71. The molecule has 18 heavy (non-hydrogen) atoms. The van der Waals surface area contributed by atoms with E-state index in [-0.39, 0.29) is 23.2 Å². The van der Waals surface area contributed by atoms with Gasteiger partial charge in [-0.3, -0.25) is 0 Å². The summed E-state index contributed by atoms with van der Waals surface area (Å²) < 4.78 is 24.2. The standard InChI is InChI=1S/C14H22FNO2/c1-14(2,3)16-9-11(10-17-4)18-13-8-6-5-7-12(13)15/h5-8,11,16H,9-10H2,1-4H3. The SMILES string of the molecule is COCC(CNC(C)(C)C)Oc1ccccc1F. The summed E-state index contributed by atoms with van der Waals surface area (Å²) in [5.74, 6) is -0.0929. The Kier molecular flexibility index (Phi) is 5.56. The highest BCUT2D eigenvalue weighted by Gasteiger charge is 2.16. The molecule has 1 aromatic carbocycles. The van der Waals surface area contributed by atoms with E-state index in [4.69, 9.17) is 9.47 Å². The lowest BCUT2D eigenvalue weighted by Gasteiger charge is -2.25. The van der Waals surface area contributed by atoms with E-state index in [1.54, 1.807) is 25.3 Å². The van der Waals surface area contributed by atoms with E-state index < -0.39 is 0 Å². The van der Waals surface area contributed by atoms with Gasteiger partial charge in [0, 0.05) is 19.2 Å². The predicted octanol–water partition coefficient (Wildman–Crippen LogP) is 2.61. The molecular formula is C14H22FNO2. The van der Waals surface area contributed by atoms with Crippen LogP contribution in [0.15, 0.2) is 24.3 Å². The van der Waals surface area contributed by atoms with Crippen LogP contribution in [0.25, 0.3) is 0 Å². The van der Waals surface area contributed by atoms with Crippen molar-refractivity contribution in [2.45, 2.75) is 32.4 Å². The molecule has 1 unspecified atom stereocenters. The number of benzene rings is 1. The zero-order valence-corrected chi connectivity index (χ0v) is 11.5. The molecule has 1 N–H and O–H groups in total. The van der Waals surface area contributed by atoms with Gasteiger partial charge in [0.15, 0.2) is 11.6 Å². The van der Waals surface area contributed by atoms with Crippen LogP contribution in [-0.4, -0.2) is 31.9 Å². The smallest absolute Gasteiger partial charge is 0.165 e. The van der Waals surface area contributed by atoms with Gasteiger partial charge in [0.25, 0.3) is 0 Å². The van der Waals surface area contributed by atoms with E-state index >= 15 is 0 Å². The van der Waals surface area contributed by atoms with Gasteiger partial charge in [0.05, 0.1) is 6.61 Å². The van der Waals surface area contributed by atoms with Crippen molar-refractivity contribution in [2.24, 2.45) is 0 Å². The second-order valence-corrected chi connectivity index (χ2v) is 5.26. The van der Waals surface area contributed by atoms with Crippen LogP contribution in [0.4, 0.5) is 4.39 Å². The topological polar surface area (TPSA) is 30.5 Å². The maximum absolute atomic E-state index is 13.5. The molecule has 3 nitrogen and oxygen atoms in total. The fraction of sp³-hybridized carbons (Fsp3) is 0.571. The summed E-state index contributed by atoms with van der Waals surface area (Å²) in [7, 11) is 1.61. The average molecular weight is 255 g/mol. The molecule has 102 valence electrons. The molecule has 1 atom stereocenters. The van der Waals surface area contributed by atoms with Gasteiger partial charge in [0.1, 0.15) is 6.10 Å². The van der Waals surface area contributed by atoms with Crippen molar-refractivity contribution < 1.29 is 13.9 Å². The molecule has 0 radical (unpaired) electrons. The molecule has 0 saturated carbocycles. The number of para-hydroxylation sites is 1. The van der Waals surface area contributed by atoms with Crippen molar-refractivity contribution in [3.63, 3.8) is 0 Å². The quantitative estimate of drug-likeness (QED) is 0.847. The Morgan fingerprint density at radius 2 is 1.94 bits per heavy atom. The first-order chi connectivity index (χ1) is 8.42. The van der Waals surface area contributed by atoms with Gasteiger partial charge < -0.3 is 14.8 Å². The van der Waals surface area contributed by atoms with Gasteiger partial charge in [0.2, 0.25) is 0 Å². The van der Waals surface area contributed by atoms with E-state index in [0.717, 1.165) is 0 Å². The highest BCUT2D eigenvalue weighted by atomic mass is 19.1. The molecule has 0 amide bonds. The molecular weight excluding hydrogens is 233 g/mol. The Bertz CT molecular complexity index is 363. The van der Waals surface area contributed by atoms with Crippen molar-refractivity contribution in [3.8, 4) is 5.75 Å². The van der Waals surface area contributed by atoms with Gasteiger partial charge in [-0.2, -0.15) is 0 Å². The van der Waals surface area contributed by atoms with Crippen molar-refractivity contribution in [1.29, 1.82) is 0 Å². The second-order valence-electron chi connectivity index (χ2n) is 5.26. The zero-order valence-electron chi connectivity index (χ0n) is 11.5. The Balaban J connectivity index is 2.60. The van der Waals surface area contributed by atoms with Crippen LogP contribution in [0.5, 0.6) is 5.75 Å². The summed E-state index contributed by atoms with van der Waals surface area (Å²) >= 11 is 0. The normalized spacial score (nSPS) is 13.4. The minimum absolute atomic E-state index is 0.00934. The van der Waals surface area contributed by atoms with E-state index in [9.17, 15) is 4.39 Å². The van der Waals surface area contributed by atoms with Crippen LogP contribution < -0.4 is 10.1 Å². The number of hydrogen-bond donors (Lipinski definition) is 1. The Hall–Kier alpha value is -1.13. The number of hydrogen-bond acceptors (Lipinski definition) is 3. The molecule has 0 heterocycles. The number of ether oxygens (including phenoxy) is 2. The molecule has 0 saturated heterocycles. The zero-order chi connectivity index (χ0) is 13.6. The first-order valence-corrected chi connectivity index (χ1v) is 6.07. The highest BCUT2D eigenvalue weighted by Crippen LogP contribution is 2.17. The highest BCUT2D eigenvalue weighted by molar-refractivity contribution is 5.23. The van der Waals surface area contributed by atoms with Crippen LogP contribution >= 0.6 is 0 Å². The van der Waals surface area contributed by atoms with Gasteiger partial charge in [-0.1, -0.05) is 12.1 Å². The van der Waals surface area contributed by atoms with E-state index in [0.29, 0.717) is 13.2 Å². The van der Waals surface area contributed by atoms with Crippen LogP contribution in [-0.2, 0) is 4.74 Å². The Morgan fingerprint density at radius 3 is 2.50 bits per heavy atom. The first-order valence-electron chi connectivity index (χ1n) is 6.07. The van der Waals surface area contributed by atoms with E-state index in [1.165, 1.54) is 6.07 Å². The van der Waals surface area contributed by atoms with Crippen LogP contribution in [0, 0.1) is 5.82 Å². The maximum Gasteiger partial charge on any atom is 0.165 e. The number of rotatable bonds is 6. The van der Waals surface area contributed by atoms with Crippen LogP contribution in [0.2, 0.25) is 0 Å². The van der Waals surface area contributed by atoms with Crippen molar-refractivity contribution in [1.82, 2.24) is 5.32 Å². The Morgan fingerprint density at radius 1 is 1.28 bits per heavy atom. The molecule has 0 fully saturated rings. The van der Waals surface area contributed by atoms with Crippen LogP contribution in [0.3, 0.4) is 0 Å².